The van der Waals surface area contributed by atoms with Crippen molar-refractivity contribution in [3.8, 4) is 0 Å². The van der Waals surface area contributed by atoms with E-state index in [-0.39, 0.29) is 10.5 Å². The summed E-state index contributed by atoms with van der Waals surface area (Å²) in [6.07, 6.45) is 3.31. The zero-order valence-electron chi connectivity index (χ0n) is 17.3. The van der Waals surface area contributed by atoms with Gasteiger partial charge in [0.1, 0.15) is 0 Å². The number of carboxylic acid groups (broad SMARTS) is 1. The number of carbonyl (C=O) groups is 1. The quantitative estimate of drug-likeness (QED) is 0.390. The maximum Gasteiger partial charge on any atom is 0.336 e. The standard InChI is InChI=1S/C22H28ClNO4S2/c1-3-5-12-24(13-6-4-2)30(27,28)19-10-11-21(20(15-19)22(25)26)29-16-17-8-7-9-18(23)14-17/h7-11,14-15H,3-6,12-13,16H2,1-2H3,(H,25,26). The van der Waals surface area contributed by atoms with Crippen LogP contribution in [0.15, 0.2) is 52.3 Å². The second-order valence-electron chi connectivity index (χ2n) is 6.99. The van der Waals surface area contributed by atoms with Crippen LogP contribution in [-0.2, 0) is 15.8 Å². The third kappa shape index (κ3) is 6.74. The molecule has 164 valence electrons. The first-order valence-corrected chi connectivity index (χ1v) is 12.8. The third-order valence-corrected chi connectivity index (χ3v) is 7.90. The lowest BCUT2D eigenvalue weighted by atomic mass is 10.2. The van der Waals surface area contributed by atoms with Gasteiger partial charge in [-0.05, 0) is 48.7 Å². The summed E-state index contributed by atoms with van der Waals surface area (Å²) in [5.74, 6) is -0.610. The molecule has 0 radical (unpaired) electrons. The van der Waals surface area contributed by atoms with Gasteiger partial charge in [0, 0.05) is 28.8 Å². The fourth-order valence-corrected chi connectivity index (χ4v) is 5.65. The zero-order chi connectivity index (χ0) is 22.1. The molecule has 2 rings (SSSR count). The van der Waals surface area contributed by atoms with Gasteiger partial charge in [0.15, 0.2) is 0 Å². The number of unbranched alkanes of at least 4 members (excludes halogenated alkanes) is 2. The van der Waals surface area contributed by atoms with E-state index in [9.17, 15) is 18.3 Å². The Morgan fingerprint density at radius 1 is 1.07 bits per heavy atom. The highest BCUT2D eigenvalue weighted by Crippen LogP contribution is 2.30. The van der Waals surface area contributed by atoms with Gasteiger partial charge in [0.2, 0.25) is 10.0 Å². The summed E-state index contributed by atoms with van der Waals surface area (Å²) in [6.45, 7) is 4.90. The van der Waals surface area contributed by atoms with Gasteiger partial charge in [-0.25, -0.2) is 13.2 Å². The van der Waals surface area contributed by atoms with Crippen LogP contribution < -0.4 is 0 Å². The number of aromatic carboxylic acids is 1. The molecule has 0 fully saturated rings. The van der Waals surface area contributed by atoms with E-state index in [2.05, 4.69) is 0 Å². The molecule has 1 N–H and O–H groups in total. The Labute approximate surface area is 188 Å². The fourth-order valence-electron chi connectivity index (χ4n) is 2.92. The van der Waals surface area contributed by atoms with Gasteiger partial charge in [-0.15, -0.1) is 11.8 Å². The fraction of sp³-hybridized carbons (Fsp3) is 0.409. The summed E-state index contributed by atoms with van der Waals surface area (Å²) in [5, 5.41) is 10.3. The van der Waals surface area contributed by atoms with Crippen LogP contribution in [-0.4, -0.2) is 36.9 Å². The predicted molar refractivity (Wildman–Crippen MR) is 123 cm³/mol. The Hall–Kier alpha value is -1.54. The van der Waals surface area contributed by atoms with Crippen LogP contribution in [0.2, 0.25) is 5.02 Å². The highest BCUT2D eigenvalue weighted by atomic mass is 35.5. The summed E-state index contributed by atoms with van der Waals surface area (Å²) in [4.78, 5) is 12.4. The van der Waals surface area contributed by atoms with Crippen molar-refractivity contribution in [3.05, 3.63) is 58.6 Å². The van der Waals surface area contributed by atoms with Gasteiger partial charge in [-0.2, -0.15) is 4.31 Å². The van der Waals surface area contributed by atoms with Gasteiger partial charge in [-0.3, -0.25) is 0 Å². The lowest BCUT2D eigenvalue weighted by Crippen LogP contribution is -2.33. The lowest BCUT2D eigenvalue weighted by Gasteiger charge is -2.22. The molecule has 0 atom stereocenters. The largest absolute Gasteiger partial charge is 0.478 e. The molecule has 0 unspecified atom stereocenters. The Morgan fingerprint density at radius 3 is 2.30 bits per heavy atom. The van der Waals surface area contributed by atoms with E-state index in [1.807, 2.05) is 32.0 Å². The van der Waals surface area contributed by atoms with Crippen LogP contribution in [0, 0.1) is 0 Å². The van der Waals surface area contributed by atoms with Gasteiger partial charge in [0.25, 0.3) is 0 Å². The zero-order valence-corrected chi connectivity index (χ0v) is 19.7. The van der Waals surface area contributed by atoms with Crippen molar-refractivity contribution in [2.24, 2.45) is 0 Å². The van der Waals surface area contributed by atoms with E-state index in [4.69, 9.17) is 11.6 Å². The number of hydrogen-bond donors (Lipinski definition) is 1. The highest BCUT2D eigenvalue weighted by Gasteiger charge is 2.25. The first-order valence-electron chi connectivity index (χ1n) is 10.0. The molecule has 8 heteroatoms. The van der Waals surface area contributed by atoms with Crippen molar-refractivity contribution in [3.63, 3.8) is 0 Å². The van der Waals surface area contributed by atoms with E-state index < -0.39 is 16.0 Å². The molecule has 0 heterocycles. The van der Waals surface area contributed by atoms with Crippen molar-refractivity contribution in [1.29, 1.82) is 0 Å². The average molecular weight is 470 g/mol. The van der Waals surface area contributed by atoms with E-state index >= 15 is 0 Å². The number of thioether (sulfide) groups is 1. The first-order chi connectivity index (χ1) is 14.3. The molecular formula is C22H28ClNO4S2. The summed E-state index contributed by atoms with van der Waals surface area (Å²) < 4.78 is 27.8. The minimum atomic E-state index is -3.75. The van der Waals surface area contributed by atoms with Gasteiger partial charge < -0.3 is 5.11 Å². The lowest BCUT2D eigenvalue weighted by molar-refractivity contribution is 0.0693. The molecule has 5 nitrogen and oxygen atoms in total. The number of benzene rings is 2. The van der Waals surface area contributed by atoms with E-state index in [0.29, 0.717) is 28.8 Å². The molecule has 30 heavy (non-hydrogen) atoms. The van der Waals surface area contributed by atoms with Crippen LogP contribution in [0.1, 0.15) is 55.5 Å². The van der Waals surface area contributed by atoms with Crippen molar-refractivity contribution in [2.45, 2.75) is 55.1 Å². The first kappa shape index (κ1) is 24.7. The number of sulfonamides is 1. The molecule has 0 aliphatic rings. The van der Waals surface area contributed by atoms with Crippen molar-refractivity contribution in [1.82, 2.24) is 4.31 Å². The molecule has 0 saturated heterocycles. The second kappa shape index (κ2) is 11.7. The van der Waals surface area contributed by atoms with Crippen LogP contribution in [0.4, 0.5) is 0 Å². The second-order valence-corrected chi connectivity index (χ2v) is 10.4. The predicted octanol–water partition coefficient (Wildman–Crippen LogP) is 5.92. The van der Waals surface area contributed by atoms with Crippen molar-refractivity contribution in [2.75, 3.05) is 13.1 Å². The maximum atomic E-state index is 13.2. The van der Waals surface area contributed by atoms with Gasteiger partial charge in [-0.1, -0.05) is 50.4 Å². The van der Waals surface area contributed by atoms with E-state index in [0.717, 1.165) is 31.2 Å². The number of halogens is 1. The molecule has 0 aromatic heterocycles. The number of carboxylic acids is 1. The molecule has 0 bridgehead atoms. The number of nitrogens with zero attached hydrogens (tertiary/aromatic N) is 1. The SMILES string of the molecule is CCCCN(CCCC)S(=O)(=O)c1ccc(SCc2cccc(Cl)c2)c(C(=O)O)c1. The maximum absolute atomic E-state index is 13.2. The minimum Gasteiger partial charge on any atom is -0.478 e. The Bertz CT molecular complexity index is 955. The Balaban J connectivity index is 2.30. The molecule has 0 spiro atoms. The number of rotatable bonds is 12. The van der Waals surface area contributed by atoms with Crippen LogP contribution in [0.25, 0.3) is 0 Å². The molecule has 0 saturated carbocycles. The van der Waals surface area contributed by atoms with Crippen LogP contribution in [0.3, 0.4) is 0 Å². The molecule has 2 aromatic carbocycles. The van der Waals surface area contributed by atoms with Crippen LogP contribution in [0.5, 0.6) is 0 Å². The summed E-state index contributed by atoms with van der Waals surface area (Å²) >= 11 is 7.35. The molecule has 0 aliphatic heterocycles. The Kier molecular flexibility index (Phi) is 9.68. The molecule has 0 aliphatic carbocycles. The smallest absolute Gasteiger partial charge is 0.336 e. The minimum absolute atomic E-state index is 0.00552. The topological polar surface area (TPSA) is 74.7 Å². The van der Waals surface area contributed by atoms with Gasteiger partial charge in [0.05, 0.1) is 10.5 Å². The normalized spacial score (nSPS) is 11.7. The average Bonchev–Trinajstić information content (AvgIpc) is 2.72. The van der Waals surface area contributed by atoms with E-state index in [1.165, 1.54) is 28.2 Å². The highest BCUT2D eigenvalue weighted by molar-refractivity contribution is 7.98. The molecule has 2 aromatic rings. The number of hydrogen-bond acceptors (Lipinski definition) is 4. The molecule has 0 amide bonds. The van der Waals surface area contributed by atoms with Crippen LogP contribution >= 0.6 is 23.4 Å². The summed E-state index contributed by atoms with van der Waals surface area (Å²) in [6, 6.07) is 11.7. The third-order valence-electron chi connectivity index (χ3n) is 4.62. The van der Waals surface area contributed by atoms with Gasteiger partial charge >= 0.3 is 5.97 Å². The summed E-state index contributed by atoms with van der Waals surface area (Å²) in [5.41, 5.74) is 0.958. The van der Waals surface area contributed by atoms with Crippen molar-refractivity contribution >= 4 is 39.4 Å². The van der Waals surface area contributed by atoms with E-state index in [1.54, 1.807) is 12.1 Å². The molecular weight excluding hydrogens is 442 g/mol. The monoisotopic (exact) mass is 469 g/mol. The van der Waals surface area contributed by atoms with Crippen molar-refractivity contribution < 1.29 is 18.3 Å². The Morgan fingerprint density at radius 2 is 1.73 bits per heavy atom. The summed E-state index contributed by atoms with van der Waals surface area (Å²) in [7, 11) is -3.75.